The van der Waals surface area contributed by atoms with E-state index in [0.29, 0.717) is 6.54 Å². The van der Waals surface area contributed by atoms with Crippen LogP contribution in [0.5, 0.6) is 0 Å². The van der Waals surface area contributed by atoms with E-state index in [1.807, 2.05) is 36.1 Å². The Morgan fingerprint density at radius 3 is 3.11 bits per heavy atom. The van der Waals surface area contributed by atoms with Crippen molar-refractivity contribution in [3.8, 4) is 0 Å². The van der Waals surface area contributed by atoms with Gasteiger partial charge in [0.15, 0.2) is 0 Å². The Morgan fingerprint density at radius 2 is 2.39 bits per heavy atom. The maximum Gasteiger partial charge on any atom is 0.238 e. The maximum atomic E-state index is 11.9. The summed E-state index contributed by atoms with van der Waals surface area (Å²) in [4.78, 5) is 14.0. The second kappa shape index (κ2) is 5.98. The Kier molecular flexibility index (Phi) is 4.33. The van der Waals surface area contributed by atoms with Gasteiger partial charge in [0.25, 0.3) is 0 Å². The molecule has 1 saturated heterocycles. The zero-order valence-electron chi connectivity index (χ0n) is 10.7. The van der Waals surface area contributed by atoms with Gasteiger partial charge in [-0.05, 0) is 44.0 Å². The third-order valence-corrected chi connectivity index (χ3v) is 3.36. The molecular weight excluding hydrogens is 228 g/mol. The lowest BCUT2D eigenvalue weighted by Gasteiger charge is -2.21. The van der Waals surface area contributed by atoms with E-state index in [1.165, 1.54) is 0 Å². The van der Waals surface area contributed by atoms with Crippen LogP contribution >= 0.6 is 0 Å². The number of aliphatic hydroxyl groups excluding tert-OH is 1. The molecule has 1 unspecified atom stereocenters. The average Bonchev–Trinajstić information content (AvgIpc) is 2.76. The standard InChI is InChI=1S/C14H20N2O2/c1-11-4-2-5-12(8-11)15-14(18)9-16-7-3-6-13(16)10-17/h2,4-5,8,13,17H,3,6-7,9-10H2,1H3,(H,15,18). The molecule has 1 aromatic rings. The van der Waals surface area contributed by atoms with Crippen LogP contribution in [0.25, 0.3) is 0 Å². The van der Waals surface area contributed by atoms with Crippen LogP contribution in [0.15, 0.2) is 24.3 Å². The van der Waals surface area contributed by atoms with Crippen molar-refractivity contribution in [3.05, 3.63) is 29.8 Å². The summed E-state index contributed by atoms with van der Waals surface area (Å²) in [5.41, 5.74) is 1.96. The van der Waals surface area contributed by atoms with Crippen LogP contribution < -0.4 is 5.32 Å². The Hall–Kier alpha value is -1.39. The predicted octanol–water partition coefficient (Wildman–Crippen LogP) is 1.39. The lowest BCUT2D eigenvalue weighted by Crippen LogP contribution is -2.38. The zero-order chi connectivity index (χ0) is 13.0. The van der Waals surface area contributed by atoms with E-state index in [9.17, 15) is 9.90 Å². The largest absolute Gasteiger partial charge is 0.395 e. The van der Waals surface area contributed by atoms with E-state index in [2.05, 4.69) is 5.32 Å². The number of carbonyl (C=O) groups excluding carboxylic acids is 1. The minimum absolute atomic E-state index is 0.0130. The minimum Gasteiger partial charge on any atom is -0.395 e. The number of benzene rings is 1. The minimum atomic E-state index is -0.0130. The molecule has 0 aromatic heterocycles. The van der Waals surface area contributed by atoms with Crippen molar-refractivity contribution >= 4 is 11.6 Å². The number of hydrogen-bond donors (Lipinski definition) is 2. The van der Waals surface area contributed by atoms with Crippen molar-refractivity contribution < 1.29 is 9.90 Å². The smallest absolute Gasteiger partial charge is 0.238 e. The van der Waals surface area contributed by atoms with Gasteiger partial charge in [0.1, 0.15) is 0 Å². The van der Waals surface area contributed by atoms with Crippen molar-refractivity contribution in [1.82, 2.24) is 4.90 Å². The van der Waals surface area contributed by atoms with Crippen LogP contribution in [-0.4, -0.2) is 41.7 Å². The number of nitrogens with zero attached hydrogens (tertiary/aromatic N) is 1. The number of aliphatic hydroxyl groups is 1. The van der Waals surface area contributed by atoms with Gasteiger partial charge in [-0.2, -0.15) is 0 Å². The molecule has 0 bridgehead atoms. The van der Waals surface area contributed by atoms with Crippen molar-refractivity contribution in [1.29, 1.82) is 0 Å². The molecule has 98 valence electrons. The SMILES string of the molecule is Cc1cccc(NC(=O)CN2CCCC2CO)c1. The van der Waals surface area contributed by atoms with Gasteiger partial charge < -0.3 is 10.4 Å². The quantitative estimate of drug-likeness (QED) is 0.846. The Bertz CT molecular complexity index is 420. The summed E-state index contributed by atoms with van der Waals surface area (Å²) in [5, 5.41) is 12.1. The molecule has 18 heavy (non-hydrogen) atoms. The molecular formula is C14H20N2O2. The molecule has 1 aliphatic heterocycles. The maximum absolute atomic E-state index is 11.9. The first-order chi connectivity index (χ1) is 8.69. The molecule has 2 N–H and O–H groups in total. The second-order valence-electron chi connectivity index (χ2n) is 4.87. The number of anilines is 1. The van der Waals surface area contributed by atoms with Gasteiger partial charge in [-0.1, -0.05) is 12.1 Å². The summed E-state index contributed by atoms with van der Waals surface area (Å²) < 4.78 is 0. The Balaban J connectivity index is 1.89. The van der Waals surface area contributed by atoms with Gasteiger partial charge in [-0.3, -0.25) is 9.69 Å². The number of amides is 1. The van der Waals surface area contributed by atoms with Gasteiger partial charge in [-0.25, -0.2) is 0 Å². The van der Waals surface area contributed by atoms with Crippen LogP contribution in [0, 0.1) is 6.92 Å². The molecule has 0 radical (unpaired) electrons. The number of carbonyl (C=O) groups is 1. The monoisotopic (exact) mass is 248 g/mol. The molecule has 0 aliphatic carbocycles. The zero-order valence-corrected chi connectivity index (χ0v) is 10.7. The third-order valence-electron chi connectivity index (χ3n) is 3.36. The lowest BCUT2D eigenvalue weighted by molar-refractivity contribution is -0.117. The first-order valence-corrected chi connectivity index (χ1v) is 6.40. The molecule has 0 saturated carbocycles. The molecule has 4 nitrogen and oxygen atoms in total. The van der Waals surface area contributed by atoms with Gasteiger partial charge in [0, 0.05) is 11.7 Å². The van der Waals surface area contributed by atoms with E-state index < -0.39 is 0 Å². The van der Waals surface area contributed by atoms with Gasteiger partial charge in [0.2, 0.25) is 5.91 Å². The fourth-order valence-corrected chi connectivity index (χ4v) is 2.42. The van der Waals surface area contributed by atoms with E-state index >= 15 is 0 Å². The van der Waals surface area contributed by atoms with Gasteiger partial charge in [-0.15, -0.1) is 0 Å². The number of likely N-dealkylation sites (tertiary alicyclic amines) is 1. The topological polar surface area (TPSA) is 52.6 Å². The predicted molar refractivity (Wildman–Crippen MR) is 71.5 cm³/mol. The van der Waals surface area contributed by atoms with Gasteiger partial charge in [0.05, 0.1) is 13.2 Å². The summed E-state index contributed by atoms with van der Waals surface area (Å²) in [6.07, 6.45) is 2.04. The summed E-state index contributed by atoms with van der Waals surface area (Å²) in [7, 11) is 0. The molecule has 1 atom stereocenters. The first kappa shape index (κ1) is 13.1. The van der Waals surface area contributed by atoms with E-state index in [4.69, 9.17) is 0 Å². The fourth-order valence-electron chi connectivity index (χ4n) is 2.42. The first-order valence-electron chi connectivity index (χ1n) is 6.40. The van der Waals surface area contributed by atoms with Crippen LogP contribution in [0.4, 0.5) is 5.69 Å². The lowest BCUT2D eigenvalue weighted by atomic mass is 10.2. The number of nitrogens with one attached hydrogen (secondary N) is 1. The molecule has 4 heteroatoms. The highest BCUT2D eigenvalue weighted by atomic mass is 16.3. The molecule has 1 aromatic carbocycles. The molecule has 1 fully saturated rings. The van der Waals surface area contributed by atoms with Crippen molar-refractivity contribution in [2.24, 2.45) is 0 Å². The number of aryl methyl sites for hydroxylation is 1. The van der Waals surface area contributed by atoms with Crippen molar-refractivity contribution in [2.75, 3.05) is 25.0 Å². The highest BCUT2D eigenvalue weighted by Crippen LogP contribution is 2.16. The van der Waals surface area contributed by atoms with E-state index in [-0.39, 0.29) is 18.6 Å². The second-order valence-corrected chi connectivity index (χ2v) is 4.87. The summed E-state index contributed by atoms with van der Waals surface area (Å²) >= 11 is 0. The van der Waals surface area contributed by atoms with E-state index in [0.717, 1.165) is 30.6 Å². The summed E-state index contributed by atoms with van der Waals surface area (Å²) in [6, 6.07) is 7.91. The highest BCUT2D eigenvalue weighted by Gasteiger charge is 2.25. The van der Waals surface area contributed by atoms with Crippen LogP contribution in [0.3, 0.4) is 0 Å². The molecule has 0 spiro atoms. The van der Waals surface area contributed by atoms with Gasteiger partial charge >= 0.3 is 0 Å². The fraction of sp³-hybridized carbons (Fsp3) is 0.500. The van der Waals surface area contributed by atoms with Crippen molar-refractivity contribution in [2.45, 2.75) is 25.8 Å². The average molecular weight is 248 g/mol. The van der Waals surface area contributed by atoms with Crippen molar-refractivity contribution in [3.63, 3.8) is 0 Å². The normalized spacial score (nSPS) is 20.0. The number of hydrogen-bond acceptors (Lipinski definition) is 3. The van der Waals surface area contributed by atoms with Crippen LogP contribution in [-0.2, 0) is 4.79 Å². The molecule has 1 amide bonds. The van der Waals surface area contributed by atoms with Crippen LogP contribution in [0.1, 0.15) is 18.4 Å². The highest BCUT2D eigenvalue weighted by molar-refractivity contribution is 5.92. The Morgan fingerprint density at radius 1 is 1.56 bits per heavy atom. The Labute approximate surface area is 108 Å². The molecule has 1 aliphatic rings. The molecule has 1 heterocycles. The number of rotatable bonds is 4. The molecule has 2 rings (SSSR count). The van der Waals surface area contributed by atoms with E-state index in [1.54, 1.807) is 0 Å². The van der Waals surface area contributed by atoms with Crippen LogP contribution in [0.2, 0.25) is 0 Å². The summed E-state index contributed by atoms with van der Waals surface area (Å²) in [5.74, 6) is -0.0130. The third kappa shape index (κ3) is 3.31. The summed E-state index contributed by atoms with van der Waals surface area (Å²) in [6.45, 7) is 3.39.